The van der Waals surface area contributed by atoms with Crippen molar-refractivity contribution in [3.05, 3.63) is 133 Å². The Hall–Kier alpha value is -4.44. The molecule has 32 heavy (non-hydrogen) atoms. The van der Waals surface area contributed by atoms with Gasteiger partial charge in [-0.15, -0.1) is 0 Å². The van der Waals surface area contributed by atoms with Crippen LogP contribution in [-0.4, -0.2) is 16.0 Å². The molecular weight excluding hydrogens is 392 g/mol. The standard InChI is InChI=1S/C28H22N4/c1-5-13-23(14-6-1)28-24(22-31(30-28)25-15-7-2-8-16-25)21-29-32(26-17-9-3-10-18-26)27-19-11-4-12-20-27/h1-22H/b29-21-. The SMILES string of the molecule is C(=N/N(c1ccccc1)c1ccccc1)/c1cn(-c2ccccc2)nc1-c1ccccc1. The average Bonchev–Trinajstić information content (AvgIpc) is 3.31. The smallest absolute Gasteiger partial charge is 0.102 e. The highest BCUT2D eigenvalue weighted by Crippen LogP contribution is 2.27. The van der Waals surface area contributed by atoms with E-state index in [0.29, 0.717) is 0 Å². The van der Waals surface area contributed by atoms with E-state index in [4.69, 9.17) is 10.2 Å². The average molecular weight is 415 g/mol. The minimum atomic E-state index is 0.888. The Morgan fingerprint density at radius 3 is 1.69 bits per heavy atom. The number of benzene rings is 4. The first-order chi connectivity index (χ1) is 15.9. The van der Waals surface area contributed by atoms with Gasteiger partial charge >= 0.3 is 0 Å². The molecule has 0 amide bonds. The molecule has 4 aromatic carbocycles. The summed E-state index contributed by atoms with van der Waals surface area (Å²) < 4.78 is 1.90. The maximum absolute atomic E-state index is 4.88. The molecule has 154 valence electrons. The lowest BCUT2D eigenvalue weighted by atomic mass is 10.1. The van der Waals surface area contributed by atoms with Crippen LogP contribution < -0.4 is 5.01 Å². The fourth-order valence-electron chi connectivity index (χ4n) is 3.56. The third-order valence-corrected chi connectivity index (χ3v) is 5.12. The van der Waals surface area contributed by atoms with E-state index in [2.05, 4.69) is 36.4 Å². The Morgan fingerprint density at radius 1 is 0.625 bits per heavy atom. The number of nitrogens with zero attached hydrogens (tertiary/aromatic N) is 4. The molecular formula is C28H22N4. The molecule has 4 heteroatoms. The van der Waals surface area contributed by atoms with Gasteiger partial charge in [-0.05, 0) is 36.4 Å². The second-order valence-corrected chi connectivity index (χ2v) is 7.31. The summed E-state index contributed by atoms with van der Waals surface area (Å²) in [5, 5.41) is 11.7. The molecule has 0 radical (unpaired) electrons. The summed E-state index contributed by atoms with van der Waals surface area (Å²) in [4.78, 5) is 0. The van der Waals surface area contributed by atoms with Crippen molar-refractivity contribution in [1.82, 2.24) is 9.78 Å². The number of aromatic nitrogens is 2. The van der Waals surface area contributed by atoms with Gasteiger partial charge in [0.15, 0.2) is 0 Å². The third-order valence-electron chi connectivity index (χ3n) is 5.12. The van der Waals surface area contributed by atoms with E-state index in [-0.39, 0.29) is 0 Å². The normalized spacial score (nSPS) is 11.0. The maximum atomic E-state index is 4.88. The van der Waals surface area contributed by atoms with Crippen LogP contribution in [0.4, 0.5) is 11.4 Å². The Labute approximate surface area is 187 Å². The van der Waals surface area contributed by atoms with Crippen LogP contribution in [0.25, 0.3) is 16.9 Å². The molecule has 5 rings (SSSR count). The molecule has 0 atom stereocenters. The van der Waals surface area contributed by atoms with Gasteiger partial charge in [0.2, 0.25) is 0 Å². The Morgan fingerprint density at radius 2 is 1.12 bits per heavy atom. The van der Waals surface area contributed by atoms with Gasteiger partial charge in [0.25, 0.3) is 0 Å². The number of rotatable bonds is 6. The molecule has 4 nitrogen and oxygen atoms in total. The number of para-hydroxylation sites is 3. The largest absolute Gasteiger partial charge is 0.240 e. The quantitative estimate of drug-likeness (QED) is 0.228. The summed E-state index contributed by atoms with van der Waals surface area (Å²) in [6.07, 6.45) is 3.91. The molecule has 1 heterocycles. The van der Waals surface area contributed by atoms with E-state index in [1.807, 2.05) is 107 Å². The molecule has 0 unspecified atom stereocenters. The molecule has 0 N–H and O–H groups in total. The molecule has 5 aromatic rings. The topological polar surface area (TPSA) is 33.4 Å². The highest BCUT2D eigenvalue weighted by Gasteiger charge is 2.12. The van der Waals surface area contributed by atoms with E-state index in [1.54, 1.807) is 0 Å². The van der Waals surface area contributed by atoms with Crippen molar-refractivity contribution in [3.63, 3.8) is 0 Å². The van der Waals surface area contributed by atoms with Gasteiger partial charge in [-0.1, -0.05) is 84.9 Å². The number of hydrogen-bond acceptors (Lipinski definition) is 3. The molecule has 0 aliphatic carbocycles. The first-order valence-corrected chi connectivity index (χ1v) is 10.5. The van der Waals surface area contributed by atoms with Gasteiger partial charge < -0.3 is 0 Å². The van der Waals surface area contributed by atoms with Crippen molar-refractivity contribution in [2.24, 2.45) is 5.10 Å². The molecule has 0 bridgehead atoms. The van der Waals surface area contributed by atoms with E-state index in [1.165, 1.54) is 0 Å². The summed E-state index contributed by atoms with van der Waals surface area (Å²) in [5.41, 5.74) is 5.87. The predicted molar refractivity (Wildman–Crippen MR) is 132 cm³/mol. The van der Waals surface area contributed by atoms with Crippen molar-refractivity contribution in [3.8, 4) is 16.9 Å². The summed E-state index contributed by atoms with van der Waals surface area (Å²) in [5.74, 6) is 0. The van der Waals surface area contributed by atoms with Crippen LogP contribution >= 0.6 is 0 Å². The van der Waals surface area contributed by atoms with Gasteiger partial charge in [-0.2, -0.15) is 10.2 Å². The lowest BCUT2D eigenvalue weighted by Gasteiger charge is -2.19. The van der Waals surface area contributed by atoms with E-state index in [9.17, 15) is 0 Å². The van der Waals surface area contributed by atoms with Crippen LogP contribution in [0, 0.1) is 0 Å². The summed E-state index contributed by atoms with van der Waals surface area (Å²) in [6.45, 7) is 0. The van der Waals surface area contributed by atoms with Gasteiger partial charge in [0.05, 0.1) is 23.3 Å². The summed E-state index contributed by atoms with van der Waals surface area (Å²) >= 11 is 0. The molecule has 0 spiro atoms. The lowest BCUT2D eigenvalue weighted by Crippen LogP contribution is -2.09. The van der Waals surface area contributed by atoms with Gasteiger partial charge in [0, 0.05) is 17.3 Å². The molecule has 0 aliphatic heterocycles. The predicted octanol–water partition coefficient (Wildman–Crippen LogP) is 6.71. The minimum Gasteiger partial charge on any atom is -0.240 e. The zero-order valence-electron chi connectivity index (χ0n) is 17.5. The number of hydrazone groups is 1. The van der Waals surface area contributed by atoms with Crippen LogP contribution in [-0.2, 0) is 0 Å². The maximum Gasteiger partial charge on any atom is 0.102 e. The van der Waals surface area contributed by atoms with Crippen molar-refractivity contribution < 1.29 is 0 Å². The van der Waals surface area contributed by atoms with E-state index < -0.39 is 0 Å². The molecule has 0 saturated carbocycles. The zero-order valence-corrected chi connectivity index (χ0v) is 17.5. The summed E-state index contributed by atoms with van der Waals surface area (Å²) in [7, 11) is 0. The fourth-order valence-corrected chi connectivity index (χ4v) is 3.56. The van der Waals surface area contributed by atoms with Crippen LogP contribution in [0.3, 0.4) is 0 Å². The van der Waals surface area contributed by atoms with Crippen molar-refractivity contribution in [2.45, 2.75) is 0 Å². The molecule has 0 saturated heterocycles. The molecule has 0 fully saturated rings. The first kappa shape index (κ1) is 19.5. The zero-order chi connectivity index (χ0) is 21.6. The van der Waals surface area contributed by atoms with Crippen LogP contribution in [0.2, 0.25) is 0 Å². The second-order valence-electron chi connectivity index (χ2n) is 7.31. The first-order valence-electron chi connectivity index (χ1n) is 10.5. The van der Waals surface area contributed by atoms with Crippen molar-refractivity contribution in [1.29, 1.82) is 0 Å². The van der Waals surface area contributed by atoms with Crippen LogP contribution in [0.5, 0.6) is 0 Å². The van der Waals surface area contributed by atoms with Crippen LogP contribution in [0.1, 0.15) is 5.56 Å². The molecule has 1 aromatic heterocycles. The highest BCUT2D eigenvalue weighted by molar-refractivity contribution is 5.89. The van der Waals surface area contributed by atoms with Crippen molar-refractivity contribution >= 4 is 17.6 Å². The van der Waals surface area contributed by atoms with Gasteiger partial charge in [-0.25, -0.2) is 9.69 Å². The Bertz CT molecular complexity index is 1260. The summed E-state index contributed by atoms with van der Waals surface area (Å²) in [6, 6.07) is 40.6. The minimum absolute atomic E-state index is 0.888. The lowest BCUT2D eigenvalue weighted by molar-refractivity contribution is 0.884. The van der Waals surface area contributed by atoms with E-state index in [0.717, 1.165) is 33.9 Å². The molecule has 0 aliphatic rings. The van der Waals surface area contributed by atoms with Gasteiger partial charge in [0.1, 0.15) is 5.69 Å². The highest BCUT2D eigenvalue weighted by atomic mass is 15.5. The van der Waals surface area contributed by atoms with E-state index >= 15 is 0 Å². The van der Waals surface area contributed by atoms with Gasteiger partial charge in [-0.3, -0.25) is 0 Å². The fraction of sp³-hybridized carbons (Fsp3) is 0. The van der Waals surface area contributed by atoms with Crippen molar-refractivity contribution in [2.75, 3.05) is 5.01 Å². The number of hydrogen-bond donors (Lipinski definition) is 0. The monoisotopic (exact) mass is 414 g/mol. The number of anilines is 2. The Kier molecular flexibility index (Phi) is 5.58. The van der Waals surface area contributed by atoms with Crippen LogP contribution in [0.15, 0.2) is 133 Å². The third kappa shape index (κ3) is 4.20. The second kappa shape index (κ2) is 9.14. The Balaban J connectivity index is 1.59.